The highest BCUT2D eigenvalue weighted by molar-refractivity contribution is 7.98. The minimum absolute atomic E-state index is 0.162. The van der Waals surface area contributed by atoms with E-state index < -0.39 is 10.0 Å². The summed E-state index contributed by atoms with van der Waals surface area (Å²) in [6.07, 6.45) is 0.817. The van der Waals surface area contributed by atoms with Crippen molar-refractivity contribution in [2.45, 2.75) is 37.8 Å². The second-order valence-electron chi connectivity index (χ2n) is 8.36. The van der Waals surface area contributed by atoms with Gasteiger partial charge >= 0.3 is 0 Å². The zero-order valence-electron chi connectivity index (χ0n) is 20.0. The second kappa shape index (κ2) is 12.1. The van der Waals surface area contributed by atoms with Crippen LogP contribution >= 0.6 is 11.8 Å². The summed E-state index contributed by atoms with van der Waals surface area (Å²) in [5.41, 5.74) is 4.89. The van der Waals surface area contributed by atoms with E-state index in [1.165, 1.54) is 15.4 Å². The Bertz CT molecular complexity index is 1190. The van der Waals surface area contributed by atoms with Crippen molar-refractivity contribution in [1.82, 2.24) is 5.32 Å². The van der Waals surface area contributed by atoms with E-state index in [4.69, 9.17) is 0 Å². The number of rotatable bonds is 11. The first-order valence-corrected chi connectivity index (χ1v) is 13.9. The highest BCUT2D eigenvalue weighted by Gasteiger charge is 2.28. The van der Waals surface area contributed by atoms with E-state index >= 15 is 0 Å². The van der Waals surface area contributed by atoms with Gasteiger partial charge in [-0.2, -0.15) is 11.8 Å². The van der Waals surface area contributed by atoms with Crippen molar-refractivity contribution < 1.29 is 13.2 Å². The lowest BCUT2D eigenvalue weighted by molar-refractivity contribution is -0.119. The summed E-state index contributed by atoms with van der Waals surface area (Å²) in [6, 6.07) is 22.3. The molecule has 34 heavy (non-hydrogen) atoms. The number of nitrogens with one attached hydrogen (secondary N) is 1. The molecule has 0 aromatic heterocycles. The van der Waals surface area contributed by atoms with Crippen molar-refractivity contribution in [2.24, 2.45) is 0 Å². The topological polar surface area (TPSA) is 66.5 Å². The molecule has 0 unspecified atom stereocenters. The molecular weight excluding hydrogens is 464 g/mol. The van der Waals surface area contributed by atoms with Crippen molar-refractivity contribution in [3.8, 4) is 0 Å². The van der Waals surface area contributed by atoms with Crippen LogP contribution < -0.4 is 9.62 Å². The Labute approximate surface area is 207 Å². The van der Waals surface area contributed by atoms with Gasteiger partial charge in [0.05, 0.1) is 10.6 Å². The number of hydrogen-bond acceptors (Lipinski definition) is 4. The van der Waals surface area contributed by atoms with Crippen LogP contribution in [0.4, 0.5) is 5.69 Å². The van der Waals surface area contributed by atoms with Crippen LogP contribution in [0.5, 0.6) is 0 Å². The van der Waals surface area contributed by atoms with Crippen LogP contribution in [-0.2, 0) is 20.6 Å². The van der Waals surface area contributed by atoms with Gasteiger partial charge in [-0.1, -0.05) is 65.7 Å². The molecule has 1 amide bonds. The summed E-state index contributed by atoms with van der Waals surface area (Å²) < 4.78 is 28.0. The van der Waals surface area contributed by atoms with Gasteiger partial charge in [-0.05, 0) is 62.3 Å². The van der Waals surface area contributed by atoms with Gasteiger partial charge in [0.15, 0.2) is 0 Å². The van der Waals surface area contributed by atoms with Crippen LogP contribution in [0.1, 0.15) is 28.7 Å². The van der Waals surface area contributed by atoms with Gasteiger partial charge < -0.3 is 5.32 Å². The molecule has 5 nitrogen and oxygen atoms in total. The van der Waals surface area contributed by atoms with Gasteiger partial charge in [-0.15, -0.1) is 0 Å². The molecule has 0 fully saturated rings. The molecule has 180 valence electrons. The number of sulfonamides is 1. The number of nitrogens with zero attached hydrogens (tertiary/aromatic N) is 1. The molecule has 0 aliphatic heterocycles. The SMILES string of the molecule is Cc1ccc(CSCCCNC(=O)CN(c2ccc(C)cc2C)S(=O)(=O)c2ccccc2)cc1. The smallest absolute Gasteiger partial charge is 0.264 e. The monoisotopic (exact) mass is 496 g/mol. The molecule has 0 aliphatic carbocycles. The number of aryl methyl sites for hydroxylation is 3. The third kappa shape index (κ3) is 7.11. The maximum absolute atomic E-state index is 13.4. The van der Waals surface area contributed by atoms with Crippen molar-refractivity contribution in [3.63, 3.8) is 0 Å². The highest BCUT2D eigenvalue weighted by atomic mass is 32.2. The lowest BCUT2D eigenvalue weighted by Crippen LogP contribution is -2.41. The number of benzene rings is 3. The second-order valence-corrected chi connectivity index (χ2v) is 11.3. The largest absolute Gasteiger partial charge is 0.354 e. The van der Waals surface area contributed by atoms with Crippen LogP contribution in [0.15, 0.2) is 77.7 Å². The first-order chi connectivity index (χ1) is 16.3. The molecule has 0 heterocycles. The van der Waals surface area contributed by atoms with Gasteiger partial charge in [-0.25, -0.2) is 8.42 Å². The van der Waals surface area contributed by atoms with Crippen LogP contribution in [0.25, 0.3) is 0 Å². The summed E-state index contributed by atoms with van der Waals surface area (Å²) in [4.78, 5) is 12.9. The van der Waals surface area contributed by atoms with Crippen LogP contribution in [0.2, 0.25) is 0 Å². The zero-order valence-corrected chi connectivity index (χ0v) is 21.6. The number of hydrogen-bond donors (Lipinski definition) is 1. The number of anilines is 1. The van der Waals surface area contributed by atoms with E-state index in [0.29, 0.717) is 12.2 Å². The van der Waals surface area contributed by atoms with E-state index in [9.17, 15) is 13.2 Å². The first kappa shape index (κ1) is 25.8. The Morgan fingerprint density at radius 3 is 2.26 bits per heavy atom. The quantitative estimate of drug-likeness (QED) is 0.368. The van der Waals surface area contributed by atoms with E-state index in [1.807, 2.05) is 37.7 Å². The Balaban J connectivity index is 1.60. The lowest BCUT2D eigenvalue weighted by atomic mass is 10.1. The Morgan fingerprint density at radius 2 is 1.59 bits per heavy atom. The van der Waals surface area contributed by atoms with Gasteiger partial charge in [0, 0.05) is 12.3 Å². The minimum Gasteiger partial charge on any atom is -0.354 e. The maximum Gasteiger partial charge on any atom is 0.264 e. The van der Waals surface area contributed by atoms with Crippen LogP contribution in [0.3, 0.4) is 0 Å². The average molecular weight is 497 g/mol. The molecule has 1 N–H and O–H groups in total. The fourth-order valence-corrected chi connectivity index (χ4v) is 5.99. The molecule has 0 bridgehead atoms. The summed E-state index contributed by atoms with van der Waals surface area (Å²) >= 11 is 1.82. The van der Waals surface area contributed by atoms with E-state index in [0.717, 1.165) is 29.1 Å². The molecule has 0 saturated heterocycles. The molecule has 0 spiro atoms. The predicted octanol–water partition coefficient (Wildman–Crippen LogP) is 5.25. The molecule has 0 saturated carbocycles. The van der Waals surface area contributed by atoms with Crippen LogP contribution in [0, 0.1) is 20.8 Å². The first-order valence-electron chi connectivity index (χ1n) is 11.3. The fourth-order valence-electron chi connectivity index (χ4n) is 3.57. The Hall–Kier alpha value is -2.77. The average Bonchev–Trinajstić information content (AvgIpc) is 2.82. The number of carbonyl (C=O) groups is 1. The maximum atomic E-state index is 13.4. The van der Waals surface area contributed by atoms with Gasteiger partial charge in [0.25, 0.3) is 10.0 Å². The van der Waals surface area contributed by atoms with Gasteiger partial charge in [-0.3, -0.25) is 9.10 Å². The lowest BCUT2D eigenvalue weighted by Gasteiger charge is -2.26. The number of carbonyl (C=O) groups excluding carboxylic acids is 1. The van der Waals surface area contributed by atoms with E-state index in [2.05, 4.69) is 36.5 Å². The summed E-state index contributed by atoms with van der Waals surface area (Å²) in [7, 11) is -3.89. The molecule has 3 aromatic carbocycles. The Kier molecular flexibility index (Phi) is 9.19. The molecule has 0 aliphatic rings. The normalized spacial score (nSPS) is 11.3. The standard InChI is InChI=1S/C27H32N2O3S2/c1-21-10-13-24(14-11-21)20-33-17-7-16-28-27(30)19-29(26-15-12-22(2)18-23(26)3)34(31,32)25-8-5-4-6-9-25/h4-6,8-15,18H,7,16-17,19-20H2,1-3H3,(H,28,30). The van der Waals surface area contributed by atoms with E-state index in [-0.39, 0.29) is 17.3 Å². The zero-order chi connectivity index (χ0) is 24.6. The van der Waals surface area contributed by atoms with Crippen molar-refractivity contribution >= 4 is 33.4 Å². The van der Waals surface area contributed by atoms with Crippen molar-refractivity contribution in [1.29, 1.82) is 0 Å². The van der Waals surface area contributed by atoms with Crippen molar-refractivity contribution in [3.05, 3.63) is 95.1 Å². The fraction of sp³-hybridized carbons (Fsp3) is 0.296. The molecule has 0 atom stereocenters. The summed E-state index contributed by atoms with van der Waals surface area (Å²) in [5, 5.41) is 2.89. The molecule has 0 radical (unpaired) electrons. The van der Waals surface area contributed by atoms with E-state index in [1.54, 1.807) is 36.4 Å². The number of thioether (sulfide) groups is 1. The van der Waals surface area contributed by atoms with Gasteiger partial charge in [0.2, 0.25) is 5.91 Å². The summed E-state index contributed by atoms with van der Waals surface area (Å²) in [6.45, 7) is 6.13. The molecule has 3 aromatic rings. The minimum atomic E-state index is -3.89. The summed E-state index contributed by atoms with van der Waals surface area (Å²) in [5.74, 6) is 1.53. The highest BCUT2D eigenvalue weighted by Crippen LogP contribution is 2.27. The van der Waals surface area contributed by atoms with Crippen molar-refractivity contribution in [2.75, 3.05) is 23.1 Å². The Morgan fingerprint density at radius 1 is 0.912 bits per heavy atom. The third-order valence-corrected chi connectivity index (χ3v) is 8.31. The number of amides is 1. The molecular formula is C27H32N2O3S2. The molecule has 3 rings (SSSR count). The predicted molar refractivity (Wildman–Crippen MR) is 142 cm³/mol. The molecule has 7 heteroatoms. The third-order valence-electron chi connectivity index (χ3n) is 5.42. The van der Waals surface area contributed by atoms with Crippen LogP contribution in [-0.4, -0.2) is 33.2 Å². The van der Waals surface area contributed by atoms with Gasteiger partial charge in [0.1, 0.15) is 6.54 Å².